The highest BCUT2D eigenvalue weighted by Crippen LogP contribution is 2.17. The molecule has 2 aromatic carbocycles. The first-order valence-electron chi connectivity index (χ1n) is 14.2. The van der Waals surface area contributed by atoms with E-state index in [4.69, 9.17) is 10.5 Å². The summed E-state index contributed by atoms with van der Waals surface area (Å²) in [4.78, 5) is 24.3. The first-order valence-corrected chi connectivity index (χ1v) is 14.2. The SMILES string of the molecule is CCCCCCCCCCCCc1ccc(OC(O)C=CCC(=O)c2ccc(C(=O)NCCN)cc2)cc1. The number of Topliss-reactive ketones (excluding diaryl/α,β-unsaturated/α-hetero) is 1. The van der Waals surface area contributed by atoms with Gasteiger partial charge in [0.05, 0.1) is 0 Å². The normalized spacial score (nSPS) is 12.0. The Hall–Kier alpha value is -2.96. The molecule has 0 saturated carbocycles. The number of ketones is 1. The van der Waals surface area contributed by atoms with Crippen LogP contribution >= 0.6 is 0 Å². The van der Waals surface area contributed by atoms with Crippen LogP contribution < -0.4 is 15.8 Å². The largest absolute Gasteiger partial charge is 0.461 e. The van der Waals surface area contributed by atoms with E-state index in [1.165, 1.54) is 75.8 Å². The standard InChI is InChI=1S/C32H46N2O4/c1-2-3-4-5-6-7-8-9-10-11-13-26-16-22-29(23-17-26)38-31(36)15-12-14-30(35)27-18-20-28(21-19-27)32(37)34-25-24-33/h12,15-23,31,36H,2-11,13-14,24-25,33H2,1H3,(H,34,37). The number of allylic oxidation sites excluding steroid dienone is 1. The van der Waals surface area contributed by atoms with Gasteiger partial charge in [0, 0.05) is 30.6 Å². The Balaban J connectivity index is 1.63. The number of carbonyl (C=O) groups is 2. The van der Waals surface area contributed by atoms with Gasteiger partial charge in [0.25, 0.3) is 5.91 Å². The van der Waals surface area contributed by atoms with Crippen LogP contribution in [0.25, 0.3) is 0 Å². The van der Waals surface area contributed by atoms with E-state index in [1.54, 1.807) is 30.3 Å². The quantitative estimate of drug-likeness (QED) is 0.0812. The third-order valence-corrected chi connectivity index (χ3v) is 6.50. The number of nitrogens with one attached hydrogen (secondary N) is 1. The molecule has 0 aromatic heterocycles. The minimum Gasteiger partial charge on any atom is -0.461 e. The highest BCUT2D eigenvalue weighted by molar-refractivity contribution is 5.99. The Labute approximate surface area is 228 Å². The van der Waals surface area contributed by atoms with E-state index in [2.05, 4.69) is 12.2 Å². The second-order valence-electron chi connectivity index (χ2n) is 9.76. The van der Waals surface area contributed by atoms with E-state index in [-0.39, 0.29) is 18.1 Å². The molecular weight excluding hydrogens is 476 g/mol. The van der Waals surface area contributed by atoms with E-state index in [0.29, 0.717) is 30.0 Å². The summed E-state index contributed by atoms with van der Waals surface area (Å²) < 4.78 is 5.54. The van der Waals surface area contributed by atoms with E-state index < -0.39 is 6.29 Å². The van der Waals surface area contributed by atoms with E-state index >= 15 is 0 Å². The zero-order valence-corrected chi connectivity index (χ0v) is 23.0. The van der Waals surface area contributed by atoms with Gasteiger partial charge in [-0.25, -0.2) is 0 Å². The summed E-state index contributed by atoms with van der Waals surface area (Å²) in [7, 11) is 0. The summed E-state index contributed by atoms with van der Waals surface area (Å²) in [5, 5.41) is 12.8. The molecule has 38 heavy (non-hydrogen) atoms. The van der Waals surface area contributed by atoms with Crippen LogP contribution in [0.4, 0.5) is 0 Å². The van der Waals surface area contributed by atoms with Gasteiger partial charge in [0.1, 0.15) is 5.75 Å². The van der Waals surface area contributed by atoms with E-state index in [0.717, 1.165) is 6.42 Å². The number of hydrogen-bond donors (Lipinski definition) is 3. The van der Waals surface area contributed by atoms with Gasteiger partial charge in [-0.3, -0.25) is 9.59 Å². The molecular formula is C32H46N2O4. The number of hydrogen-bond acceptors (Lipinski definition) is 5. The number of unbranched alkanes of at least 4 members (excludes halogenated alkanes) is 9. The lowest BCUT2D eigenvalue weighted by Crippen LogP contribution is -2.28. The molecule has 0 fully saturated rings. The fourth-order valence-corrected chi connectivity index (χ4v) is 4.23. The van der Waals surface area contributed by atoms with Gasteiger partial charge in [-0.2, -0.15) is 0 Å². The third-order valence-electron chi connectivity index (χ3n) is 6.50. The second kappa shape index (κ2) is 19.2. The lowest BCUT2D eigenvalue weighted by Gasteiger charge is -2.10. The molecule has 2 rings (SSSR count). The molecule has 2 aromatic rings. The summed E-state index contributed by atoms with van der Waals surface area (Å²) in [6.45, 7) is 3.03. The predicted octanol–water partition coefficient (Wildman–Crippen LogP) is 6.36. The van der Waals surface area contributed by atoms with Crippen molar-refractivity contribution < 1.29 is 19.4 Å². The van der Waals surface area contributed by atoms with Crippen molar-refractivity contribution in [3.63, 3.8) is 0 Å². The molecule has 0 aliphatic rings. The monoisotopic (exact) mass is 522 g/mol. The Bertz CT molecular complexity index is 954. The predicted molar refractivity (Wildman–Crippen MR) is 155 cm³/mol. The first-order chi connectivity index (χ1) is 18.5. The summed E-state index contributed by atoms with van der Waals surface area (Å²) in [6, 6.07) is 14.3. The molecule has 6 nitrogen and oxygen atoms in total. The molecule has 0 radical (unpaired) electrons. The molecule has 0 aliphatic carbocycles. The van der Waals surface area contributed by atoms with E-state index in [1.807, 2.05) is 24.3 Å². The van der Waals surface area contributed by atoms with Crippen LogP contribution in [-0.2, 0) is 6.42 Å². The van der Waals surface area contributed by atoms with Gasteiger partial charge in [0.2, 0.25) is 6.29 Å². The van der Waals surface area contributed by atoms with Crippen molar-refractivity contribution in [1.82, 2.24) is 5.32 Å². The molecule has 0 spiro atoms. The molecule has 4 N–H and O–H groups in total. The summed E-state index contributed by atoms with van der Waals surface area (Å²) in [5.74, 6) is 0.254. The van der Waals surface area contributed by atoms with Crippen molar-refractivity contribution in [2.45, 2.75) is 90.3 Å². The van der Waals surface area contributed by atoms with Crippen LogP contribution in [0.5, 0.6) is 5.75 Å². The smallest absolute Gasteiger partial charge is 0.251 e. The second-order valence-corrected chi connectivity index (χ2v) is 9.76. The zero-order chi connectivity index (χ0) is 27.4. The number of aryl methyl sites for hydroxylation is 1. The topological polar surface area (TPSA) is 102 Å². The summed E-state index contributed by atoms with van der Waals surface area (Å²) in [5.41, 5.74) is 7.63. The minimum atomic E-state index is -1.13. The first kappa shape index (κ1) is 31.3. The third kappa shape index (κ3) is 13.0. The van der Waals surface area contributed by atoms with Crippen molar-refractivity contribution in [3.05, 3.63) is 77.4 Å². The number of rotatable bonds is 20. The average Bonchev–Trinajstić information content (AvgIpc) is 2.93. The van der Waals surface area contributed by atoms with Gasteiger partial charge < -0.3 is 20.9 Å². The van der Waals surface area contributed by atoms with Gasteiger partial charge in [-0.05, 0) is 48.7 Å². The molecule has 0 aliphatic heterocycles. The summed E-state index contributed by atoms with van der Waals surface area (Å²) >= 11 is 0. The van der Waals surface area contributed by atoms with E-state index in [9.17, 15) is 14.7 Å². The molecule has 208 valence electrons. The molecule has 0 heterocycles. The summed E-state index contributed by atoms with van der Waals surface area (Å²) in [6.07, 6.45) is 16.4. The number of amides is 1. The highest BCUT2D eigenvalue weighted by Gasteiger charge is 2.08. The Morgan fingerprint density at radius 1 is 0.868 bits per heavy atom. The fourth-order valence-electron chi connectivity index (χ4n) is 4.23. The number of carbonyl (C=O) groups excluding carboxylic acids is 2. The van der Waals surface area contributed by atoms with Crippen LogP contribution in [0.15, 0.2) is 60.7 Å². The fraction of sp³-hybridized carbons (Fsp3) is 0.500. The van der Waals surface area contributed by atoms with Gasteiger partial charge in [-0.1, -0.05) is 95.1 Å². The lowest BCUT2D eigenvalue weighted by molar-refractivity contribution is 0.0246. The van der Waals surface area contributed by atoms with Crippen LogP contribution in [0.3, 0.4) is 0 Å². The maximum absolute atomic E-state index is 12.4. The highest BCUT2D eigenvalue weighted by atomic mass is 16.6. The van der Waals surface area contributed by atoms with Crippen molar-refractivity contribution in [1.29, 1.82) is 0 Å². The molecule has 1 amide bonds. The Kier molecular flexibility index (Phi) is 15.8. The number of benzene rings is 2. The van der Waals surface area contributed by atoms with Crippen LogP contribution in [0, 0.1) is 0 Å². The van der Waals surface area contributed by atoms with Gasteiger partial charge >= 0.3 is 0 Å². The van der Waals surface area contributed by atoms with Crippen molar-refractivity contribution in [3.8, 4) is 5.75 Å². The number of nitrogens with two attached hydrogens (primary N) is 1. The number of aliphatic hydroxyl groups is 1. The van der Waals surface area contributed by atoms with Crippen molar-refractivity contribution >= 4 is 11.7 Å². The van der Waals surface area contributed by atoms with Crippen LogP contribution in [0.2, 0.25) is 0 Å². The van der Waals surface area contributed by atoms with Crippen molar-refractivity contribution in [2.24, 2.45) is 5.73 Å². The Morgan fingerprint density at radius 2 is 1.45 bits per heavy atom. The molecule has 1 atom stereocenters. The zero-order valence-electron chi connectivity index (χ0n) is 23.0. The molecule has 6 heteroatoms. The minimum absolute atomic E-state index is 0.112. The van der Waals surface area contributed by atoms with Crippen molar-refractivity contribution in [2.75, 3.05) is 13.1 Å². The molecule has 0 bridgehead atoms. The maximum Gasteiger partial charge on any atom is 0.251 e. The maximum atomic E-state index is 12.4. The average molecular weight is 523 g/mol. The Morgan fingerprint density at radius 3 is 2.05 bits per heavy atom. The van der Waals surface area contributed by atoms with Gasteiger partial charge in [-0.15, -0.1) is 0 Å². The lowest BCUT2D eigenvalue weighted by atomic mass is 10.0. The molecule has 0 saturated heterocycles. The van der Waals surface area contributed by atoms with Crippen LogP contribution in [0.1, 0.15) is 104 Å². The van der Waals surface area contributed by atoms with Crippen LogP contribution in [-0.4, -0.2) is 36.2 Å². The number of ether oxygens (including phenoxy) is 1. The molecule has 1 unspecified atom stereocenters. The van der Waals surface area contributed by atoms with Gasteiger partial charge in [0.15, 0.2) is 5.78 Å². The number of aliphatic hydroxyl groups excluding tert-OH is 1.